The number of phenolic OH excluding ortho intramolecular Hbond substituents is 1. The van der Waals surface area contributed by atoms with Crippen LogP contribution in [0.3, 0.4) is 0 Å². The molecule has 0 bridgehead atoms. The van der Waals surface area contributed by atoms with E-state index in [4.69, 9.17) is 9.84 Å². The number of carbonyl (C=O) groups is 1. The number of carboxylic acid groups (broad SMARTS) is 1. The van der Waals surface area contributed by atoms with Crippen molar-refractivity contribution >= 4 is 5.97 Å². The number of halogens is 1. The predicted molar refractivity (Wildman–Crippen MR) is 74.0 cm³/mol. The van der Waals surface area contributed by atoms with Gasteiger partial charge in [0.15, 0.2) is 0 Å². The van der Waals surface area contributed by atoms with E-state index in [1.165, 1.54) is 31.4 Å². The summed E-state index contributed by atoms with van der Waals surface area (Å²) in [6.07, 6.45) is 0. The van der Waals surface area contributed by atoms with Crippen LogP contribution in [0.2, 0.25) is 0 Å². The van der Waals surface area contributed by atoms with E-state index in [9.17, 15) is 14.3 Å². The highest BCUT2D eigenvalue weighted by molar-refractivity contribution is 5.87. The van der Waals surface area contributed by atoms with Gasteiger partial charge >= 0.3 is 5.97 Å². The summed E-state index contributed by atoms with van der Waals surface area (Å²) in [6, 6.07) is 7.89. The molecule has 2 aromatic rings. The minimum Gasteiger partial charge on any atom is -0.508 e. The van der Waals surface area contributed by atoms with Gasteiger partial charge in [0.25, 0.3) is 0 Å². The van der Waals surface area contributed by atoms with Crippen molar-refractivity contribution in [2.45, 2.75) is 0 Å². The number of aromatic carboxylic acids is 1. The molecule has 0 aliphatic carbocycles. The average Bonchev–Trinajstić information content (AvgIpc) is 2.46. The molecular formula is C16H11FO4. The zero-order chi connectivity index (χ0) is 15.4. The first kappa shape index (κ1) is 14.4. The number of carboxylic acids is 1. The molecule has 0 aromatic heterocycles. The Kier molecular flexibility index (Phi) is 4.10. The van der Waals surface area contributed by atoms with Gasteiger partial charge in [-0.05, 0) is 30.3 Å². The van der Waals surface area contributed by atoms with Gasteiger partial charge in [-0.2, -0.15) is 0 Å². The third-order valence-corrected chi connectivity index (χ3v) is 2.73. The standard InChI is InChI=1S/C16H11FO4/c1-21-15-9-13(18)7-6-11(15)4-2-10-3-5-12(16(19)20)8-14(10)17/h3,5-9,18H,1H3,(H,19,20). The molecule has 0 amide bonds. The molecule has 4 nitrogen and oxygen atoms in total. The van der Waals surface area contributed by atoms with Crippen LogP contribution in [0.5, 0.6) is 11.5 Å². The average molecular weight is 286 g/mol. The van der Waals surface area contributed by atoms with E-state index in [0.29, 0.717) is 11.3 Å². The van der Waals surface area contributed by atoms with E-state index in [2.05, 4.69) is 11.8 Å². The number of hydrogen-bond donors (Lipinski definition) is 2. The molecule has 0 aliphatic heterocycles. The van der Waals surface area contributed by atoms with Gasteiger partial charge < -0.3 is 14.9 Å². The third kappa shape index (κ3) is 3.31. The second-order valence-electron chi connectivity index (χ2n) is 4.13. The summed E-state index contributed by atoms with van der Waals surface area (Å²) in [5.74, 6) is 3.83. The lowest BCUT2D eigenvalue weighted by molar-refractivity contribution is 0.0696. The van der Waals surface area contributed by atoms with Crippen LogP contribution in [0.25, 0.3) is 0 Å². The third-order valence-electron chi connectivity index (χ3n) is 2.73. The lowest BCUT2D eigenvalue weighted by Gasteiger charge is -2.03. The number of benzene rings is 2. The lowest BCUT2D eigenvalue weighted by atomic mass is 10.1. The number of aromatic hydroxyl groups is 1. The van der Waals surface area contributed by atoms with Gasteiger partial charge in [0, 0.05) is 6.07 Å². The first-order chi connectivity index (χ1) is 10.0. The van der Waals surface area contributed by atoms with E-state index in [-0.39, 0.29) is 16.9 Å². The molecule has 106 valence electrons. The Morgan fingerprint density at radius 1 is 1.14 bits per heavy atom. The van der Waals surface area contributed by atoms with E-state index >= 15 is 0 Å². The molecule has 0 unspecified atom stereocenters. The summed E-state index contributed by atoms with van der Waals surface area (Å²) in [7, 11) is 1.43. The Hall–Kier alpha value is -3.00. The maximum Gasteiger partial charge on any atom is 0.335 e. The molecule has 2 aromatic carbocycles. The molecular weight excluding hydrogens is 275 g/mol. The van der Waals surface area contributed by atoms with Crippen molar-refractivity contribution in [3.8, 4) is 23.3 Å². The Labute approximate surface area is 120 Å². The van der Waals surface area contributed by atoms with Crippen molar-refractivity contribution in [2.24, 2.45) is 0 Å². The molecule has 0 atom stereocenters. The molecule has 2 rings (SSSR count). The SMILES string of the molecule is COc1cc(O)ccc1C#Cc1ccc(C(=O)O)cc1F. The van der Waals surface area contributed by atoms with E-state index < -0.39 is 11.8 Å². The van der Waals surface area contributed by atoms with Crippen molar-refractivity contribution < 1.29 is 24.1 Å². The fraction of sp³-hybridized carbons (Fsp3) is 0.0625. The van der Waals surface area contributed by atoms with Crippen LogP contribution in [-0.4, -0.2) is 23.3 Å². The largest absolute Gasteiger partial charge is 0.508 e. The summed E-state index contributed by atoms with van der Waals surface area (Å²) >= 11 is 0. The van der Waals surface area contributed by atoms with Gasteiger partial charge in [0.05, 0.1) is 23.8 Å². The van der Waals surface area contributed by atoms with Gasteiger partial charge in [-0.25, -0.2) is 9.18 Å². The summed E-state index contributed by atoms with van der Waals surface area (Å²) in [5, 5.41) is 18.1. The van der Waals surface area contributed by atoms with E-state index in [1.807, 2.05) is 0 Å². The molecule has 0 spiro atoms. The van der Waals surface area contributed by atoms with Crippen LogP contribution < -0.4 is 4.74 Å². The zero-order valence-corrected chi connectivity index (χ0v) is 11.1. The summed E-state index contributed by atoms with van der Waals surface area (Å²) in [5.41, 5.74) is 0.424. The van der Waals surface area contributed by atoms with E-state index in [0.717, 1.165) is 6.07 Å². The second kappa shape index (κ2) is 5.97. The highest BCUT2D eigenvalue weighted by atomic mass is 19.1. The van der Waals surface area contributed by atoms with Crippen molar-refractivity contribution in [1.82, 2.24) is 0 Å². The second-order valence-corrected chi connectivity index (χ2v) is 4.13. The zero-order valence-electron chi connectivity index (χ0n) is 11.1. The summed E-state index contributed by atoms with van der Waals surface area (Å²) < 4.78 is 18.8. The number of hydrogen-bond acceptors (Lipinski definition) is 3. The van der Waals surface area contributed by atoms with E-state index in [1.54, 1.807) is 6.07 Å². The van der Waals surface area contributed by atoms with Gasteiger partial charge in [-0.1, -0.05) is 11.8 Å². The fourth-order valence-corrected chi connectivity index (χ4v) is 1.67. The molecule has 0 heterocycles. The Morgan fingerprint density at radius 2 is 1.81 bits per heavy atom. The molecule has 21 heavy (non-hydrogen) atoms. The quantitative estimate of drug-likeness (QED) is 0.833. The van der Waals surface area contributed by atoms with Gasteiger partial charge in [0.1, 0.15) is 17.3 Å². The van der Waals surface area contributed by atoms with Crippen molar-refractivity contribution in [3.63, 3.8) is 0 Å². The van der Waals surface area contributed by atoms with Crippen LogP contribution in [0, 0.1) is 17.7 Å². The molecule has 5 heteroatoms. The van der Waals surface area contributed by atoms with Gasteiger partial charge in [-0.3, -0.25) is 0 Å². The monoisotopic (exact) mass is 286 g/mol. The molecule has 0 radical (unpaired) electrons. The molecule has 0 saturated heterocycles. The predicted octanol–water partition coefficient (Wildman–Crippen LogP) is 2.64. The fourth-order valence-electron chi connectivity index (χ4n) is 1.67. The number of rotatable bonds is 2. The van der Waals surface area contributed by atoms with Crippen LogP contribution in [0.15, 0.2) is 36.4 Å². The van der Waals surface area contributed by atoms with Crippen LogP contribution in [-0.2, 0) is 0 Å². The van der Waals surface area contributed by atoms with Crippen molar-refractivity contribution in [3.05, 3.63) is 58.9 Å². The highest BCUT2D eigenvalue weighted by Crippen LogP contribution is 2.23. The van der Waals surface area contributed by atoms with Gasteiger partial charge in [0.2, 0.25) is 0 Å². The lowest BCUT2D eigenvalue weighted by Crippen LogP contribution is -1.97. The Balaban J connectivity index is 2.37. The normalized spacial score (nSPS) is 9.62. The van der Waals surface area contributed by atoms with Crippen LogP contribution >= 0.6 is 0 Å². The Bertz CT molecular complexity index is 757. The van der Waals surface area contributed by atoms with Crippen molar-refractivity contribution in [2.75, 3.05) is 7.11 Å². The van der Waals surface area contributed by atoms with Crippen LogP contribution in [0.1, 0.15) is 21.5 Å². The molecule has 0 aliphatic rings. The molecule has 2 N–H and O–H groups in total. The first-order valence-electron chi connectivity index (χ1n) is 5.93. The summed E-state index contributed by atoms with van der Waals surface area (Å²) in [6.45, 7) is 0. The van der Waals surface area contributed by atoms with Crippen molar-refractivity contribution in [1.29, 1.82) is 0 Å². The highest BCUT2D eigenvalue weighted by Gasteiger charge is 2.07. The molecule has 0 saturated carbocycles. The smallest absolute Gasteiger partial charge is 0.335 e. The maximum absolute atomic E-state index is 13.7. The number of phenols is 1. The minimum absolute atomic E-state index is 0.0365. The first-order valence-corrected chi connectivity index (χ1v) is 5.93. The summed E-state index contributed by atoms with van der Waals surface area (Å²) in [4.78, 5) is 10.7. The number of methoxy groups -OCH3 is 1. The minimum atomic E-state index is -1.20. The Morgan fingerprint density at radius 3 is 2.43 bits per heavy atom. The maximum atomic E-state index is 13.7. The van der Waals surface area contributed by atoms with Crippen LogP contribution in [0.4, 0.5) is 4.39 Å². The number of ether oxygens (including phenoxy) is 1. The molecule has 0 fully saturated rings. The topological polar surface area (TPSA) is 66.8 Å². The van der Waals surface area contributed by atoms with Gasteiger partial charge in [-0.15, -0.1) is 0 Å².